The molecule has 144 valence electrons. The lowest BCUT2D eigenvalue weighted by atomic mass is 9.99. The number of benzene rings is 4. The second kappa shape index (κ2) is 8.74. The van der Waals surface area contributed by atoms with Crippen molar-refractivity contribution in [3.63, 3.8) is 0 Å². The first-order valence-electron chi connectivity index (χ1n) is 9.56. The van der Waals surface area contributed by atoms with Gasteiger partial charge in [-0.05, 0) is 23.3 Å². The van der Waals surface area contributed by atoms with Crippen LogP contribution in [0.2, 0.25) is 0 Å². The maximum Gasteiger partial charge on any atom is 0.133 e. The van der Waals surface area contributed by atoms with E-state index < -0.39 is 12.2 Å². The standard InChI is InChI=1S/C26H22O3/c27-25(19-11-3-1-4-12-19)21-15-7-9-17-23(21)29-24-18-10-8-16-22(24)26(28)20-13-5-2-6-14-20/h1-18,25-28H. The van der Waals surface area contributed by atoms with E-state index in [0.717, 1.165) is 11.1 Å². The summed E-state index contributed by atoms with van der Waals surface area (Å²) in [4.78, 5) is 0. The van der Waals surface area contributed by atoms with E-state index >= 15 is 0 Å². The molecule has 0 bridgehead atoms. The predicted molar refractivity (Wildman–Crippen MR) is 114 cm³/mol. The maximum absolute atomic E-state index is 10.9. The van der Waals surface area contributed by atoms with Crippen LogP contribution in [0.25, 0.3) is 0 Å². The molecule has 0 amide bonds. The van der Waals surface area contributed by atoms with E-state index in [1.54, 1.807) is 0 Å². The first kappa shape index (κ1) is 18.9. The van der Waals surface area contributed by atoms with Crippen LogP contribution in [0.1, 0.15) is 34.5 Å². The Kier molecular flexibility index (Phi) is 5.71. The summed E-state index contributed by atoms with van der Waals surface area (Å²) in [6, 6.07) is 33.8. The molecule has 0 aliphatic heterocycles. The molecule has 4 aromatic carbocycles. The Balaban J connectivity index is 1.68. The highest BCUT2D eigenvalue weighted by atomic mass is 16.5. The quantitative estimate of drug-likeness (QED) is 0.453. The van der Waals surface area contributed by atoms with Crippen LogP contribution in [-0.2, 0) is 0 Å². The Morgan fingerprint density at radius 3 is 1.21 bits per heavy atom. The fraction of sp³-hybridized carbons (Fsp3) is 0.0769. The molecule has 0 aliphatic carbocycles. The molecular weight excluding hydrogens is 360 g/mol. The number of hydrogen-bond acceptors (Lipinski definition) is 3. The Labute approximate surface area is 170 Å². The van der Waals surface area contributed by atoms with Crippen LogP contribution in [0, 0.1) is 0 Å². The van der Waals surface area contributed by atoms with Crippen LogP contribution in [0.3, 0.4) is 0 Å². The van der Waals surface area contributed by atoms with Gasteiger partial charge in [-0.25, -0.2) is 0 Å². The fourth-order valence-electron chi connectivity index (χ4n) is 3.35. The lowest BCUT2D eigenvalue weighted by molar-refractivity contribution is 0.211. The third-order valence-corrected chi connectivity index (χ3v) is 4.88. The van der Waals surface area contributed by atoms with E-state index in [-0.39, 0.29) is 0 Å². The van der Waals surface area contributed by atoms with Crippen molar-refractivity contribution in [3.05, 3.63) is 131 Å². The molecule has 0 saturated carbocycles. The number of rotatable bonds is 6. The third-order valence-electron chi connectivity index (χ3n) is 4.88. The summed E-state index contributed by atoms with van der Waals surface area (Å²) in [7, 11) is 0. The molecule has 4 aromatic rings. The van der Waals surface area contributed by atoms with Gasteiger partial charge >= 0.3 is 0 Å². The van der Waals surface area contributed by atoms with Crippen LogP contribution >= 0.6 is 0 Å². The van der Waals surface area contributed by atoms with Gasteiger partial charge < -0.3 is 14.9 Å². The van der Waals surface area contributed by atoms with Gasteiger partial charge in [-0.2, -0.15) is 0 Å². The lowest BCUT2D eigenvalue weighted by Gasteiger charge is -2.20. The van der Waals surface area contributed by atoms with Gasteiger partial charge in [0.05, 0.1) is 0 Å². The maximum atomic E-state index is 10.9. The van der Waals surface area contributed by atoms with Crippen molar-refractivity contribution in [3.8, 4) is 11.5 Å². The zero-order chi connectivity index (χ0) is 20.1. The van der Waals surface area contributed by atoms with Crippen molar-refractivity contribution in [2.75, 3.05) is 0 Å². The molecular formula is C26H22O3. The van der Waals surface area contributed by atoms with E-state index in [4.69, 9.17) is 4.74 Å². The molecule has 29 heavy (non-hydrogen) atoms. The molecule has 0 heterocycles. The fourth-order valence-corrected chi connectivity index (χ4v) is 3.35. The van der Waals surface area contributed by atoms with Crippen molar-refractivity contribution < 1.29 is 14.9 Å². The number of ether oxygens (including phenoxy) is 1. The van der Waals surface area contributed by atoms with Crippen molar-refractivity contribution in [1.29, 1.82) is 0 Å². The minimum atomic E-state index is -0.807. The highest BCUT2D eigenvalue weighted by molar-refractivity contribution is 5.46. The molecule has 3 nitrogen and oxygen atoms in total. The SMILES string of the molecule is OC(c1ccccc1)c1ccccc1Oc1ccccc1C(O)c1ccccc1. The van der Waals surface area contributed by atoms with Gasteiger partial charge in [-0.1, -0.05) is 97.1 Å². The zero-order valence-electron chi connectivity index (χ0n) is 15.8. The first-order valence-corrected chi connectivity index (χ1v) is 9.56. The first-order chi connectivity index (χ1) is 14.2. The second-order valence-electron chi connectivity index (χ2n) is 6.80. The predicted octanol–water partition coefficient (Wildman–Crippen LogP) is 5.64. The van der Waals surface area contributed by atoms with E-state index in [1.165, 1.54) is 0 Å². The summed E-state index contributed by atoms with van der Waals surface area (Å²) in [5.41, 5.74) is 2.92. The third kappa shape index (κ3) is 4.21. The Morgan fingerprint density at radius 2 is 0.793 bits per heavy atom. The normalized spacial score (nSPS) is 12.9. The molecule has 4 rings (SSSR count). The molecule has 2 N–H and O–H groups in total. The van der Waals surface area contributed by atoms with Crippen LogP contribution < -0.4 is 4.74 Å². The van der Waals surface area contributed by atoms with E-state index in [1.807, 2.05) is 109 Å². The van der Waals surface area contributed by atoms with Crippen LogP contribution in [0.5, 0.6) is 11.5 Å². The molecule has 0 aliphatic rings. The number of hydrogen-bond donors (Lipinski definition) is 2. The van der Waals surface area contributed by atoms with Crippen LogP contribution in [0.15, 0.2) is 109 Å². The molecule has 0 fully saturated rings. The van der Waals surface area contributed by atoms with Gasteiger partial charge in [-0.3, -0.25) is 0 Å². The Morgan fingerprint density at radius 1 is 0.448 bits per heavy atom. The lowest BCUT2D eigenvalue weighted by Crippen LogP contribution is -2.04. The topological polar surface area (TPSA) is 49.7 Å². The summed E-state index contributed by atoms with van der Waals surface area (Å²) >= 11 is 0. The molecule has 2 unspecified atom stereocenters. The summed E-state index contributed by atoms with van der Waals surface area (Å²) in [5.74, 6) is 1.10. The second-order valence-corrected chi connectivity index (χ2v) is 6.80. The molecule has 0 radical (unpaired) electrons. The summed E-state index contributed by atoms with van der Waals surface area (Å²) in [5, 5.41) is 21.8. The van der Waals surface area contributed by atoms with Gasteiger partial charge in [0.1, 0.15) is 23.7 Å². The van der Waals surface area contributed by atoms with Crippen molar-refractivity contribution in [2.45, 2.75) is 12.2 Å². The summed E-state index contributed by atoms with van der Waals surface area (Å²) in [6.07, 6.45) is -1.61. The van der Waals surface area contributed by atoms with E-state index in [9.17, 15) is 10.2 Å². The van der Waals surface area contributed by atoms with Crippen molar-refractivity contribution in [2.24, 2.45) is 0 Å². The molecule has 0 spiro atoms. The van der Waals surface area contributed by atoms with Gasteiger partial charge in [0, 0.05) is 11.1 Å². The molecule has 3 heteroatoms. The number of para-hydroxylation sites is 2. The van der Waals surface area contributed by atoms with E-state index in [2.05, 4.69) is 0 Å². The van der Waals surface area contributed by atoms with Crippen molar-refractivity contribution >= 4 is 0 Å². The summed E-state index contributed by atoms with van der Waals surface area (Å²) in [6.45, 7) is 0. The minimum Gasteiger partial charge on any atom is -0.457 e. The van der Waals surface area contributed by atoms with Crippen LogP contribution in [0.4, 0.5) is 0 Å². The van der Waals surface area contributed by atoms with Crippen molar-refractivity contribution in [1.82, 2.24) is 0 Å². The Bertz CT molecular complexity index is 974. The average Bonchev–Trinajstić information content (AvgIpc) is 2.80. The van der Waals surface area contributed by atoms with E-state index in [0.29, 0.717) is 22.6 Å². The highest BCUT2D eigenvalue weighted by Gasteiger charge is 2.19. The van der Waals surface area contributed by atoms with Gasteiger partial charge in [0.25, 0.3) is 0 Å². The monoisotopic (exact) mass is 382 g/mol. The largest absolute Gasteiger partial charge is 0.457 e. The summed E-state index contributed by atoms with van der Waals surface area (Å²) < 4.78 is 6.21. The van der Waals surface area contributed by atoms with Gasteiger partial charge in [0.15, 0.2) is 0 Å². The molecule has 2 atom stereocenters. The minimum absolute atomic E-state index is 0.552. The highest BCUT2D eigenvalue weighted by Crippen LogP contribution is 2.37. The number of aliphatic hydroxyl groups is 2. The average molecular weight is 382 g/mol. The van der Waals surface area contributed by atoms with Crippen LogP contribution in [-0.4, -0.2) is 10.2 Å². The van der Waals surface area contributed by atoms with Gasteiger partial charge in [0.2, 0.25) is 0 Å². The van der Waals surface area contributed by atoms with Gasteiger partial charge in [-0.15, -0.1) is 0 Å². The zero-order valence-corrected chi connectivity index (χ0v) is 15.8. The molecule has 0 aromatic heterocycles. The number of aliphatic hydroxyl groups excluding tert-OH is 2. The molecule has 0 saturated heterocycles. The Hall–Kier alpha value is -3.40. The smallest absolute Gasteiger partial charge is 0.133 e.